The van der Waals surface area contributed by atoms with E-state index in [-0.39, 0.29) is 4.70 Å². The molecule has 0 aliphatic carbocycles. The van der Waals surface area contributed by atoms with Crippen LogP contribution >= 0.6 is 22.4 Å². The van der Waals surface area contributed by atoms with Gasteiger partial charge in [-0.3, -0.25) is 4.98 Å². The van der Waals surface area contributed by atoms with E-state index in [4.69, 9.17) is 14.5 Å². The molecule has 1 atom stereocenters. The maximum atomic E-state index is 13.7. The zero-order valence-electron chi connectivity index (χ0n) is 25.5. The maximum absolute atomic E-state index is 13.7. The van der Waals surface area contributed by atoms with E-state index in [1.54, 1.807) is 18.3 Å². The summed E-state index contributed by atoms with van der Waals surface area (Å²) in [6, 6.07) is 26.3. The minimum absolute atomic E-state index is 0.155. The average Bonchev–Trinajstić information content (AvgIpc) is 3.51. The lowest BCUT2D eigenvalue weighted by molar-refractivity contribution is 0.0237. The predicted octanol–water partition coefficient (Wildman–Crippen LogP) is 8.28. The Labute approximate surface area is 272 Å². The molecular weight excluding hydrogens is 660 g/mol. The number of carbonyl (C=O) groups excluding carboxylic acids is 1. The fourth-order valence-corrected chi connectivity index (χ4v) is 7.21. The van der Waals surface area contributed by atoms with Crippen molar-refractivity contribution < 1.29 is 14.3 Å². The summed E-state index contributed by atoms with van der Waals surface area (Å²) in [7, 11) is 0. The molecular formula is C36H35BIN3O3. The van der Waals surface area contributed by atoms with Gasteiger partial charge in [0.2, 0.25) is 5.60 Å². The smallest absolute Gasteiger partial charge is 0.341 e. The first-order valence-corrected chi connectivity index (χ1v) is 16.2. The van der Waals surface area contributed by atoms with Gasteiger partial charge in [-0.05, 0) is 62.2 Å². The van der Waals surface area contributed by atoms with Gasteiger partial charge < -0.3 is 18.9 Å². The third kappa shape index (κ3) is 4.89. The molecule has 3 heterocycles. The molecule has 0 saturated heterocycles. The predicted molar refractivity (Wildman–Crippen MR) is 188 cm³/mol. The van der Waals surface area contributed by atoms with Crippen molar-refractivity contribution in [1.29, 1.82) is 0 Å². The highest BCUT2D eigenvalue weighted by molar-refractivity contribution is 14.1. The summed E-state index contributed by atoms with van der Waals surface area (Å²) in [5.74, 6) is 0.248. The molecule has 0 radical (unpaired) electrons. The number of esters is 1. The summed E-state index contributed by atoms with van der Waals surface area (Å²) in [5.41, 5.74) is 6.56. The zero-order chi connectivity index (χ0) is 31.0. The number of cyclic esters (lactones) is 1. The van der Waals surface area contributed by atoms with Crippen molar-refractivity contribution >= 4 is 55.7 Å². The van der Waals surface area contributed by atoms with Crippen molar-refractivity contribution in [3.05, 3.63) is 131 Å². The second-order valence-electron chi connectivity index (χ2n) is 11.0. The Morgan fingerprint density at radius 1 is 1.07 bits per heavy atom. The number of carbonyl (C=O) groups is 1. The van der Waals surface area contributed by atoms with Crippen molar-refractivity contribution in [2.75, 3.05) is 18.0 Å². The van der Waals surface area contributed by atoms with Gasteiger partial charge in [0, 0.05) is 58.8 Å². The van der Waals surface area contributed by atoms with Crippen LogP contribution in [0.5, 0.6) is 5.75 Å². The fraction of sp³-hybridized carbons (Fsp3) is 0.222. The van der Waals surface area contributed by atoms with E-state index < -0.39 is 11.6 Å². The zero-order valence-corrected chi connectivity index (χ0v) is 27.7. The molecule has 222 valence electrons. The number of hydrogen-bond acceptors (Lipinski definition) is 5. The number of fused-ring (bicyclic) bond motifs is 2. The van der Waals surface area contributed by atoms with Crippen LogP contribution in [0.3, 0.4) is 0 Å². The van der Waals surface area contributed by atoms with Crippen LogP contribution in [0.1, 0.15) is 57.8 Å². The number of anilines is 1. The highest BCUT2D eigenvalue weighted by Gasteiger charge is 2.54. The summed E-state index contributed by atoms with van der Waals surface area (Å²) in [6.07, 6.45) is 3.56. The van der Waals surface area contributed by atoms with Crippen molar-refractivity contribution in [2.45, 2.75) is 39.8 Å². The normalized spacial score (nSPS) is 15.6. The number of halogens is 1. The lowest BCUT2D eigenvalue weighted by atomic mass is 9.80. The van der Waals surface area contributed by atoms with Gasteiger partial charge in [0.1, 0.15) is 18.1 Å². The average molecular weight is 695 g/mol. The second-order valence-corrected chi connectivity index (χ2v) is 12.8. The van der Waals surface area contributed by atoms with Gasteiger partial charge in [0.25, 0.3) is 0 Å². The van der Waals surface area contributed by atoms with Gasteiger partial charge in [0.05, 0.1) is 5.56 Å². The van der Waals surface area contributed by atoms with Crippen molar-refractivity contribution in [3.63, 3.8) is 0 Å². The number of rotatable bonds is 10. The first kappa shape index (κ1) is 30.0. The van der Waals surface area contributed by atoms with Crippen LogP contribution in [0.2, 0.25) is 6.82 Å². The van der Waals surface area contributed by atoms with Crippen LogP contribution in [0.15, 0.2) is 91.6 Å². The Hall–Kier alpha value is -4.05. The molecule has 0 spiro atoms. The molecule has 0 N–H and O–H groups in total. The van der Waals surface area contributed by atoms with Gasteiger partial charge in [-0.25, -0.2) is 4.79 Å². The van der Waals surface area contributed by atoms with Gasteiger partial charge in [-0.15, -0.1) is 22.4 Å². The van der Waals surface area contributed by atoms with Gasteiger partial charge in [-0.2, -0.15) is 0 Å². The molecule has 1 aliphatic rings. The number of hydrogen-bond donors (Lipinski definition) is 0. The lowest BCUT2D eigenvalue weighted by Gasteiger charge is -2.32. The molecule has 0 bridgehead atoms. The number of ether oxygens (including phenoxy) is 2. The molecule has 1 aliphatic heterocycles. The largest absolute Gasteiger partial charge is 0.488 e. The molecule has 6 rings (SSSR count). The Morgan fingerprint density at radius 2 is 1.82 bits per heavy atom. The van der Waals surface area contributed by atoms with E-state index in [2.05, 4.69) is 96.3 Å². The first-order chi connectivity index (χ1) is 21.3. The highest BCUT2D eigenvalue weighted by atomic mass is 127. The van der Waals surface area contributed by atoms with Crippen LogP contribution < -0.4 is 9.64 Å². The SMILES string of the molecule is C=Cc1ccc(COc2cc(N(CC)CC)ccc2C2(c3c(C)n(B(C)I)c4ccccc34)OC(=O)c3cccnc32)cc1. The minimum atomic E-state index is -1.32. The molecule has 5 aromatic rings. The molecule has 6 nitrogen and oxygen atoms in total. The van der Waals surface area contributed by atoms with Crippen molar-refractivity contribution in [1.82, 2.24) is 9.46 Å². The quantitative estimate of drug-likeness (QED) is 0.0837. The summed E-state index contributed by atoms with van der Waals surface area (Å²) >= 11 is 2.44. The van der Waals surface area contributed by atoms with Gasteiger partial charge in [-0.1, -0.05) is 61.9 Å². The van der Waals surface area contributed by atoms with Crippen LogP contribution in [0.4, 0.5) is 5.69 Å². The van der Waals surface area contributed by atoms with Gasteiger partial charge in [0.15, 0.2) is 0 Å². The highest BCUT2D eigenvalue weighted by Crippen LogP contribution is 2.53. The van der Waals surface area contributed by atoms with Crippen LogP contribution in [0.25, 0.3) is 17.0 Å². The molecule has 8 heteroatoms. The number of nitrogens with zero attached hydrogens (tertiary/aromatic N) is 3. The molecule has 1 unspecified atom stereocenters. The summed E-state index contributed by atoms with van der Waals surface area (Å²) in [4.78, 5) is 20.8. The first-order valence-electron chi connectivity index (χ1n) is 15.0. The Morgan fingerprint density at radius 3 is 2.52 bits per heavy atom. The van der Waals surface area contributed by atoms with Crippen LogP contribution in [-0.2, 0) is 16.9 Å². The summed E-state index contributed by atoms with van der Waals surface area (Å²) in [5, 5.41) is 1.01. The van der Waals surface area contributed by atoms with E-state index in [0.717, 1.165) is 57.6 Å². The number of pyridine rings is 1. The monoisotopic (exact) mass is 695 g/mol. The van der Waals surface area contributed by atoms with Crippen LogP contribution in [0, 0.1) is 6.92 Å². The maximum Gasteiger partial charge on any atom is 0.341 e. The number of aromatic nitrogens is 2. The molecule has 0 amide bonds. The molecule has 0 fully saturated rings. The van der Waals surface area contributed by atoms with E-state index in [9.17, 15) is 4.79 Å². The Kier molecular flexibility index (Phi) is 8.29. The number of benzene rings is 3. The van der Waals surface area contributed by atoms with Crippen molar-refractivity contribution in [2.24, 2.45) is 0 Å². The van der Waals surface area contributed by atoms with Gasteiger partial charge >= 0.3 is 10.7 Å². The molecule has 2 aromatic heterocycles. The standard InChI is InChI=1S/C36H35BIN3O3/c1-6-25-15-17-26(18-16-25)23-43-32-22-27(40(7-2)8-3)19-20-30(32)36(34-29(35(42)44-36)13-11-21-39-34)33-24(4)41(37(5)38)31-14-10-9-12-28(31)33/h6,9-22H,1,7-8,23H2,2-5H3. The van der Waals surface area contributed by atoms with E-state index in [0.29, 0.717) is 23.6 Å². The minimum Gasteiger partial charge on any atom is -0.488 e. The fourth-order valence-electron chi connectivity index (χ4n) is 6.49. The van der Waals surface area contributed by atoms with E-state index in [1.165, 1.54) is 0 Å². The van der Waals surface area contributed by atoms with E-state index >= 15 is 0 Å². The topological polar surface area (TPSA) is 56.6 Å². The summed E-state index contributed by atoms with van der Waals surface area (Å²) < 4.78 is 15.8. The summed E-state index contributed by atoms with van der Waals surface area (Å²) in [6.45, 7) is 14.5. The third-order valence-electron chi connectivity index (χ3n) is 8.55. The van der Waals surface area contributed by atoms with Crippen LogP contribution in [-0.4, -0.2) is 33.2 Å². The molecule has 0 saturated carbocycles. The van der Waals surface area contributed by atoms with E-state index in [1.807, 2.05) is 42.5 Å². The third-order valence-corrected chi connectivity index (χ3v) is 9.11. The Balaban J connectivity index is 1.64. The number of para-hydroxylation sites is 1. The Bertz CT molecular complexity index is 1860. The lowest BCUT2D eigenvalue weighted by Crippen LogP contribution is -2.32. The molecule has 44 heavy (non-hydrogen) atoms. The second kappa shape index (κ2) is 12.2. The van der Waals surface area contributed by atoms with Crippen molar-refractivity contribution in [3.8, 4) is 5.75 Å². The molecule has 3 aromatic carbocycles.